The molecular weight excluding hydrogens is 198 g/mol. The minimum absolute atomic E-state index is 0.588. The fourth-order valence-electron chi connectivity index (χ4n) is 1.89. The van der Waals surface area contributed by atoms with Crippen LogP contribution >= 0.6 is 0 Å². The lowest BCUT2D eigenvalue weighted by Gasteiger charge is -2.30. The Morgan fingerprint density at radius 3 is 2.38 bits per heavy atom. The molecule has 1 aromatic rings. The molecule has 0 fully saturated rings. The minimum atomic E-state index is 0.588. The summed E-state index contributed by atoms with van der Waals surface area (Å²) in [6.45, 7) is 10.9. The van der Waals surface area contributed by atoms with Gasteiger partial charge in [-0.2, -0.15) is 0 Å². The smallest absolute Gasteiger partial charge is 0.125 e. The number of aromatic nitrogens is 1. The van der Waals surface area contributed by atoms with Crippen LogP contribution < -0.4 is 5.32 Å². The van der Waals surface area contributed by atoms with Crippen molar-refractivity contribution in [2.24, 2.45) is 0 Å². The summed E-state index contributed by atoms with van der Waals surface area (Å²) in [6.07, 6.45) is 1.81. The largest absolute Gasteiger partial charge is 0.369 e. The number of hydrogen-bond acceptors (Lipinski definition) is 3. The van der Waals surface area contributed by atoms with Crippen LogP contribution in [0.2, 0.25) is 0 Å². The second-order valence-electron chi connectivity index (χ2n) is 4.57. The summed E-state index contributed by atoms with van der Waals surface area (Å²) in [5, 5.41) is 3.33. The molecule has 1 rings (SSSR count). The zero-order chi connectivity index (χ0) is 12.0. The van der Waals surface area contributed by atoms with Crippen molar-refractivity contribution in [1.29, 1.82) is 0 Å². The Morgan fingerprint density at radius 1 is 1.19 bits per heavy atom. The van der Waals surface area contributed by atoms with Crippen molar-refractivity contribution in [3.8, 4) is 0 Å². The van der Waals surface area contributed by atoms with E-state index in [-0.39, 0.29) is 0 Å². The summed E-state index contributed by atoms with van der Waals surface area (Å²) < 4.78 is 0. The first-order chi connectivity index (χ1) is 7.61. The van der Waals surface area contributed by atoms with Crippen molar-refractivity contribution in [2.45, 2.75) is 39.8 Å². The highest BCUT2D eigenvalue weighted by molar-refractivity contribution is 5.32. The first-order valence-corrected chi connectivity index (χ1v) is 6.02. The molecule has 0 atom stereocenters. The number of nitrogens with zero attached hydrogens (tertiary/aromatic N) is 2. The van der Waals surface area contributed by atoms with Crippen LogP contribution in [0.1, 0.15) is 27.7 Å². The summed E-state index contributed by atoms with van der Waals surface area (Å²) in [7, 11) is 0. The molecule has 0 spiro atoms. The standard InChI is InChI=1S/C13H23N3/c1-11(2)16(12(3)4)10-9-15-13-7-5-6-8-14-13/h5-8,11-12H,9-10H2,1-4H3,(H,14,15). The third-order valence-electron chi connectivity index (χ3n) is 2.67. The van der Waals surface area contributed by atoms with Gasteiger partial charge in [-0.15, -0.1) is 0 Å². The third kappa shape index (κ3) is 4.19. The molecule has 0 aromatic carbocycles. The normalized spacial score (nSPS) is 11.4. The van der Waals surface area contributed by atoms with E-state index in [1.165, 1.54) is 0 Å². The number of anilines is 1. The predicted octanol–water partition coefficient (Wildman–Crippen LogP) is 2.61. The van der Waals surface area contributed by atoms with E-state index in [1.807, 2.05) is 24.4 Å². The van der Waals surface area contributed by atoms with Crippen LogP contribution in [0, 0.1) is 0 Å². The molecule has 0 aliphatic rings. The quantitative estimate of drug-likeness (QED) is 0.800. The van der Waals surface area contributed by atoms with Crippen molar-refractivity contribution >= 4 is 5.82 Å². The Balaban J connectivity index is 2.34. The zero-order valence-corrected chi connectivity index (χ0v) is 10.8. The van der Waals surface area contributed by atoms with Gasteiger partial charge in [0.25, 0.3) is 0 Å². The molecule has 0 unspecified atom stereocenters. The van der Waals surface area contributed by atoms with Gasteiger partial charge in [0.1, 0.15) is 5.82 Å². The second-order valence-corrected chi connectivity index (χ2v) is 4.57. The molecule has 0 aliphatic carbocycles. The van der Waals surface area contributed by atoms with Crippen molar-refractivity contribution < 1.29 is 0 Å². The third-order valence-corrected chi connectivity index (χ3v) is 2.67. The summed E-state index contributed by atoms with van der Waals surface area (Å²) in [4.78, 5) is 6.70. The Bertz CT molecular complexity index is 274. The van der Waals surface area contributed by atoms with E-state index in [9.17, 15) is 0 Å². The van der Waals surface area contributed by atoms with Gasteiger partial charge in [-0.1, -0.05) is 6.07 Å². The van der Waals surface area contributed by atoms with Gasteiger partial charge in [-0.05, 0) is 39.8 Å². The number of hydrogen-bond donors (Lipinski definition) is 1. The highest BCUT2D eigenvalue weighted by Gasteiger charge is 2.12. The van der Waals surface area contributed by atoms with Crippen LogP contribution in [-0.2, 0) is 0 Å². The molecule has 0 saturated heterocycles. The predicted molar refractivity (Wildman–Crippen MR) is 69.7 cm³/mol. The molecule has 1 N–H and O–H groups in total. The topological polar surface area (TPSA) is 28.2 Å². The molecular formula is C13H23N3. The van der Waals surface area contributed by atoms with Gasteiger partial charge < -0.3 is 5.32 Å². The Morgan fingerprint density at radius 2 is 1.88 bits per heavy atom. The fourth-order valence-corrected chi connectivity index (χ4v) is 1.89. The molecule has 16 heavy (non-hydrogen) atoms. The maximum Gasteiger partial charge on any atom is 0.125 e. The second kappa shape index (κ2) is 6.48. The van der Waals surface area contributed by atoms with E-state index in [1.54, 1.807) is 0 Å². The van der Waals surface area contributed by atoms with Crippen LogP contribution in [0.25, 0.3) is 0 Å². The van der Waals surface area contributed by atoms with E-state index in [0.717, 1.165) is 18.9 Å². The lowest BCUT2D eigenvalue weighted by Crippen LogP contribution is -2.40. The molecule has 90 valence electrons. The number of pyridine rings is 1. The van der Waals surface area contributed by atoms with Crippen LogP contribution in [0.3, 0.4) is 0 Å². The highest BCUT2D eigenvalue weighted by atomic mass is 15.2. The summed E-state index contributed by atoms with van der Waals surface area (Å²) in [5.74, 6) is 0.954. The lowest BCUT2D eigenvalue weighted by molar-refractivity contribution is 0.182. The van der Waals surface area contributed by atoms with Gasteiger partial charge in [-0.25, -0.2) is 4.98 Å². The van der Waals surface area contributed by atoms with E-state index >= 15 is 0 Å². The Hall–Kier alpha value is -1.09. The fraction of sp³-hybridized carbons (Fsp3) is 0.615. The van der Waals surface area contributed by atoms with Crippen LogP contribution in [-0.4, -0.2) is 35.1 Å². The van der Waals surface area contributed by atoms with Crippen LogP contribution in [0.15, 0.2) is 24.4 Å². The zero-order valence-electron chi connectivity index (χ0n) is 10.8. The molecule has 0 saturated carbocycles. The molecule has 3 heteroatoms. The average molecular weight is 221 g/mol. The SMILES string of the molecule is CC(C)N(CCNc1ccccn1)C(C)C. The lowest BCUT2D eigenvalue weighted by atomic mass is 10.2. The van der Waals surface area contributed by atoms with Gasteiger partial charge in [0.2, 0.25) is 0 Å². The molecule has 0 bridgehead atoms. The van der Waals surface area contributed by atoms with Gasteiger partial charge in [-0.3, -0.25) is 4.90 Å². The maximum absolute atomic E-state index is 4.24. The Labute approximate surface area is 98.9 Å². The van der Waals surface area contributed by atoms with Gasteiger partial charge in [0, 0.05) is 31.4 Å². The first kappa shape index (κ1) is 13.0. The monoisotopic (exact) mass is 221 g/mol. The molecule has 0 aliphatic heterocycles. The number of nitrogens with one attached hydrogen (secondary N) is 1. The molecule has 1 aromatic heterocycles. The van der Waals surface area contributed by atoms with Crippen molar-refractivity contribution in [2.75, 3.05) is 18.4 Å². The van der Waals surface area contributed by atoms with E-state index in [2.05, 4.69) is 42.9 Å². The number of rotatable bonds is 6. The van der Waals surface area contributed by atoms with Gasteiger partial charge >= 0.3 is 0 Å². The molecule has 3 nitrogen and oxygen atoms in total. The van der Waals surface area contributed by atoms with E-state index in [4.69, 9.17) is 0 Å². The van der Waals surface area contributed by atoms with E-state index < -0.39 is 0 Å². The van der Waals surface area contributed by atoms with E-state index in [0.29, 0.717) is 12.1 Å². The van der Waals surface area contributed by atoms with Gasteiger partial charge in [0.15, 0.2) is 0 Å². The Kier molecular flexibility index (Phi) is 5.26. The highest BCUT2D eigenvalue weighted by Crippen LogP contribution is 2.05. The molecule has 0 amide bonds. The van der Waals surface area contributed by atoms with Crippen LogP contribution in [0.4, 0.5) is 5.82 Å². The summed E-state index contributed by atoms with van der Waals surface area (Å²) >= 11 is 0. The van der Waals surface area contributed by atoms with Crippen molar-refractivity contribution in [3.63, 3.8) is 0 Å². The maximum atomic E-state index is 4.24. The minimum Gasteiger partial charge on any atom is -0.369 e. The summed E-state index contributed by atoms with van der Waals surface area (Å²) in [6, 6.07) is 7.10. The average Bonchev–Trinajstić information content (AvgIpc) is 2.24. The molecule has 0 radical (unpaired) electrons. The molecule has 1 heterocycles. The first-order valence-electron chi connectivity index (χ1n) is 6.02. The van der Waals surface area contributed by atoms with Crippen molar-refractivity contribution in [3.05, 3.63) is 24.4 Å². The van der Waals surface area contributed by atoms with Crippen LogP contribution in [0.5, 0.6) is 0 Å². The summed E-state index contributed by atoms with van der Waals surface area (Å²) in [5.41, 5.74) is 0. The van der Waals surface area contributed by atoms with Gasteiger partial charge in [0.05, 0.1) is 0 Å². The van der Waals surface area contributed by atoms with Crippen molar-refractivity contribution in [1.82, 2.24) is 9.88 Å².